The Kier molecular flexibility index (Phi) is 2.89. The van der Waals surface area contributed by atoms with Gasteiger partial charge in [-0.15, -0.1) is 0 Å². The van der Waals surface area contributed by atoms with Gasteiger partial charge in [-0.2, -0.15) is 0 Å². The molecule has 18 heavy (non-hydrogen) atoms. The second-order valence-electron chi connectivity index (χ2n) is 4.64. The molecule has 0 spiro atoms. The number of benzene rings is 1. The Balaban J connectivity index is 2.16. The molecule has 0 saturated carbocycles. The summed E-state index contributed by atoms with van der Waals surface area (Å²) in [5, 5.41) is 14.1. The number of ether oxygens (including phenoxy) is 1. The molecule has 1 fully saturated rings. The fourth-order valence-electron chi connectivity index (χ4n) is 2.43. The van der Waals surface area contributed by atoms with Crippen molar-refractivity contribution in [3.05, 3.63) is 35.5 Å². The van der Waals surface area contributed by atoms with Crippen molar-refractivity contribution in [3.63, 3.8) is 0 Å². The monoisotopic (exact) mass is 244 g/mol. The van der Waals surface area contributed by atoms with Gasteiger partial charge < -0.3 is 15.2 Å². The van der Waals surface area contributed by atoms with Crippen LogP contribution in [0.2, 0.25) is 0 Å². The van der Waals surface area contributed by atoms with Gasteiger partial charge >= 0.3 is 0 Å². The molecular formula is C14H16N2O2. The maximum Gasteiger partial charge on any atom is 0.116 e. The van der Waals surface area contributed by atoms with Crippen molar-refractivity contribution < 1.29 is 9.84 Å². The zero-order valence-corrected chi connectivity index (χ0v) is 10.3. The third kappa shape index (κ3) is 2.05. The number of nitrogens with zero attached hydrogens (tertiary/aromatic N) is 1. The largest absolute Gasteiger partial charge is 0.508 e. The number of nitrogens with one attached hydrogen (secondary N) is 1. The summed E-state index contributed by atoms with van der Waals surface area (Å²) in [5.41, 5.74) is 3.04. The maximum absolute atomic E-state index is 9.64. The van der Waals surface area contributed by atoms with Crippen LogP contribution in [0, 0.1) is 6.92 Å². The first kappa shape index (κ1) is 11.4. The standard InChI is InChI=1S/C14H16N2O2/c1-9-6-11(14-8-18-5-4-15-14)12-7-10(17)2-3-13(12)16-9/h2-3,6-7,14-15,17H,4-5,8H2,1H3. The number of aromatic hydroxyl groups is 1. The van der Waals surface area contributed by atoms with E-state index in [-0.39, 0.29) is 11.8 Å². The average Bonchev–Trinajstić information content (AvgIpc) is 2.39. The molecule has 4 nitrogen and oxygen atoms in total. The number of morpholine rings is 1. The van der Waals surface area contributed by atoms with E-state index in [4.69, 9.17) is 4.74 Å². The third-order valence-corrected chi connectivity index (χ3v) is 3.25. The van der Waals surface area contributed by atoms with Crippen molar-refractivity contribution in [1.29, 1.82) is 0 Å². The number of phenolic OH excluding ortho intramolecular Hbond substituents is 1. The van der Waals surface area contributed by atoms with Crippen molar-refractivity contribution in [1.82, 2.24) is 10.3 Å². The van der Waals surface area contributed by atoms with Gasteiger partial charge in [-0.25, -0.2) is 0 Å². The van der Waals surface area contributed by atoms with Crippen LogP contribution in [-0.4, -0.2) is 29.8 Å². The lowest BCUT2D eigenvalue weighted by Crippen LogP contribution is -2.34. The van der Waals surface area contributed by atoms with Crippen molar-refractivity contribution in [2.24, 2.45) is 0 Å². The molecule has 2 N–H and O–H groups in total. The van der Waals surface area contributed by atoms with E-state index < -0.39 is 0 Å². The van der Waals surface area contributed by atoms with E-state index in [0.29, 0.717) is 6.61 Å². The quantitative estimate of drug-likeness (QED) is 0.804. The molecule has 1 aromatic heterocycles. The van der Waals surface area contributed by atoms with Crippen LogP contribution in [0.1, 0.15) is 17.3 Å². The molecule has 1 unspecified atom stereocenters. The minimum atomic E-state index is 0.171. The molecule has 1 aliphatic rings. The number of rotatable bonds is 1. The Hall–Kier alpha value is -1.65. The van der Waals surface area contributed by atoms with Crippen molar-refractivity contribution in [3.8, 4) is 5.75 Å². The molecule has 1 saturated heterocycles. The molecule has 0 aliphatic carbocycles. The molecule has 3 rings (SSSR count). The number of aromatic nitrogens is 1. The molecular weight excluding hydrogens is 228 g/mol. The number of hydrogen-bond donors (Lipinski definition) is 2. The predicted octanol–water partition coefficient (Wildman–Crippen LogP) is 1.91. The van der Waals surface area contributed by atoms with Crippen LogP contribution in [0.3, 0.4) is 0 Å². The highest BCUT2D eigenvalue weighted by atomic mass is 16.5. The second kappa shape index (κ2) is 4.55. The van der Waals surface area contributed by atoms with Gasteiger partial charge in [0.15, 0.2) is 0 Å². The van der Waals surface area contributed by atoms with Crippen LogP contribution < -0.4 is 5.32 Å². The van der Waals surface area contributed by atoms with Crippen LogP contribution in [0.4, 0.5) is 0 Å². The van der Waals surface area contributed by atoms with Crippen LogP contribution >= 0.6 is 0 Å². The minimum absolute atomic E-state index is 0.171. The summed E-state index contributed by atoms with van der Waals surface area (Å²) >= 11 is 0. The topological polar surface area (TPSA) is 54.4 Å². The first-order valence-corrected chi connectivity index (χ1v) is 6.15. The lowest BCUT2D eigenvalue weighted by atomic mass is 10.0. The third-order valence-electron chi connectivity index (χ3n) is 3.25. The van der Waals surface area contributed by atoms with Gasteiger partial charge in [0.05, 0.1) is 24.8 Å². The number of aryl methyl sites for hydroxylation is 1. The number of pyridine rings is 1. The van der Waals surface area contributed by atoms with E-state index in [9.17, 15) is 5.11 Å². The van der Waals surface area contributed by atoms with E-state index >= 15 is 0 Å². The molecule has 1 aromatic carbocycles. The molecule has 0 amide bonds. The first-order valence-electron chi connectivity index (χ1n) is 6.15. The first-order chi connectivity index (χ1) is 8.74. The second-order valence-corrected chi connectivity index (χ2v) is 4.64. The van der Waals surface area contributed by atoms with Gasteiger partial charge in [-0.1, -0.05) is 0 Å². The van der Waals surface area contributed by atoms with Gasteiger partial charge in [0.2, 0.25) is 0 Å². The zero-order valence-electron chi connectivity index (χ0n) is 10.3. The molecule has 0 radical (unpaired) electrons. The molecule has 1 atom stereocenters. The smallest absolute Gasteiger partial charge is 0.116 e. The Bertz CT molecular complexity index is 577. The van der Waals surface area contributed by atoms with Crippen molar-refractivity contribution in [2.75, 3.05) is 19.8 Å². The molecule has 2 heterocycles. The van der Waals surface area contributed by atoms with Gasteiger partial charge in [-0.05, 0) is 36.8 Å². The molecule has 1 aliphatic heterocycles. The highest BCUT2D eigenvalue weighted by molar-refractivity contribution is 5.84. The van der Waals surface area contributed by atoms with Gasteiger partial charge in [0, 0.05) is 17.6 Å². The van der Waals surface area contributed by atoms with E-state index in [1.165, 1.54) is 0 Å². The molecule has 2 aromatic rings. The summed E-state index contributed by atoms with van der Waals surface area (Å²) < 4.78 is 5.51. The summed E-state index contributed by atoms with van der Waals surface area (Å²) in [6, 6.07) is 7.53. The van der Waals surface area contributed by atoms with Gasteiger partial charge in [0.25, 0.3) is 0 Å². The Morgan fingerprint density at radius 1 is 1.39 bits per heavy atom. The summed E-state index contributed by atoms with van der Waals surface area (Å²) in [7, 11) is 0. The lowest BCUT2D eigenvalue weighted by Gasteiger charge is -2.25. The number of hydrogen-bond acceptors (Lipinski definition) is 4. The Labute approximate surface area is 106 Å². The highest BCUT2D eigenvalue weighted by Crippen LogP contribution is 2.28. The fourth-order valence-corrected chi connectivity index (χ4v) is 2.43. The SMILES string of the molecule is Cc1cc(C2COCCN2)c2cc(O)ccc2n1. The highest BCUT2D eigenvalue weighted by Gasteiger charge is 2.18. The summed E-state index contributed by atoms with van der Waals surface area (Å²) in [6.45, 7) is 4.25. The van der Waals surface area contributed by atoms with E-state index in [1.54, 1.807) is 12.1 Å². The van der Waals surface area contributed by atoms with E-state index in [2.05, 4.69) is 16.4 Å². The van der Waals surface area contributed by atoms with Crippen LogP contribution in [0.25, 0.3) is 10.9 Å². The fraction of sp³-hybridized carbons (Fsp3) is 0.357. The average molecular weight is 244 g/mol. The normalized spacial score (nSPS) is 20.2. The molecule has 4 heteroatoms. The van der Waals surface area contributed by atoms with Crippen molar-refractivity contribution in [2.45, 2.75) is 13.0 Å². The number of phenols is 1. The minimum Gasteiger partial charge on any atom is -0.508 e. The Morgan fingerprint density at radius 2 is 2.28 bits per heavy atom. The summed E-state index contributed by atoms with van der Waals surface area (Å²) in [6.07, 6.45) is 0. The van der Waals surface area contributed by atoms with Crippen LogP contribution in [0.5, 0.6) is 5.75 Å². The predicted molar refractivity (Wildman–Crippen MR) is 69.7 cm³/mol. The van der Waals surface area contributed by atoms with Crippen LogP contribution in [-0.2, 0) is 4.74 Å². The van der Waals surface area contributed by atoms with Crippen molar-refractivity contribution >= 4 is 10.9 Å². The number of fused-ring (bicyclic) bond motifs is 1. The van der Waals surface area contributed by atoms with E-state index in [1.807, 2.05) is 13.0 Å². The summed E-state index contributed by atoms with van der Waals surface area (Å²) in [5.74, 6) is 0.270. The zero-order chi connectivity index (χ0) is 12.5. The van der Waals surface area contributed by atoms with Gasteiger partial charge in [0.1, 0.15) is 5.75 Å². The Morgan fingerprint density at radius 3 is 3.06 bits per heavy atom. The maximum atomic E-state index is 9.64. The molecule has 0 bridgehead atoms. The van der Waals surface area contributed by atoms with Gasteiger partial charge in [-0.3, -0.25) is 4.98 Å². The van der Waals surface area contributed by atoms with Crippen LogP contribution in [0.15, 0.2) is 24.3 Å². The lowest BCUT2D eigenvalue weighted by molar-refractivity contribution is 0.0772. The van der Waals surface area contributed by atoms with E-state index in [0.717, 1.165) is 35.3 Å². The summed E-state index contributed by atoms with van der Waals surface area (Å²) in [4.78, 5) is 4.49. The molecule has 94 valence electrons.